The molecule has 10 heteroatoms. The van der Waals surface area contributed by atoms with Crippen molar-refractivity contribution < 1.29 is 13.2 Å². The lowest BCUT2D eigenvalue weighted by atomic mass is 9.95. The van der Waals surface area contributed by atoms with Gasteiger partial charge in [-0.05, 0) is 37.1 Å². The van der Waals surface area contributed by atoms with E-state index in [0.29, 0.717) is 26.3 Å². The molecule has 0 amide bonds. The summed E-state index contributed by atoms with van der Waals surface area (Å²) in [4.78, 5) is 10.4. The number of morpholine rings is 1. The normalized spacial score (nSPS) is 18.8. The Hall–Kier alpha value is -2.95. The smallest absolute Gasteiger partial charge is 0.211 e. The topological polar surface area (TPSA) is 95.8 Å². The lowest BCUT2D eigenvalue weighted by Gasteiger charge is -2.30. The second kappa shape index (κ2) is 8.37. The summed E-state index contributed by atoms with van der Waals surface area (Å²) >= 11 is 0. The van der Waals surface area contributed by atoms with Gasteiger partial charge in [-0.1, -0.05) is 6.07 Å². The monoisotopic (exact) mass is 480 g/mol. The number of aromatic nitrogens is 4. The molecule has 0 unspecified atom stereocenters. The van der Waals surface area contributed by atoms with Crippen molar-refractivity contribution in [3.05, 3.63) is 48.4 Å². The van der Waals surface area contributed by atoms with E-state index in [0.717, 1.165) is 65.1 Å². The Morgan fingerprint density at radius 2 is 1.85 bits per heavy atom. The molecule has 2 fully saturated rings. The second-order valence-electron chi connectivity index (χ2n) is 9.15. The van der Waals surface area contributed by atoms with Gasteiger partial charge in [0.1, 0.15) is 0 Å². The first kappa shape index (κ1) is 21.6. The Bertz CT molecular complexity index is 1450. The van der Waals surface area contributed by atoms with E-state index in [1.54, 1.807) is 4.31 Å². The van der Waals surface area contributed by atoms with E-state index in [1.807, 2.05) is 16.9 Å². The molecule has 0 bridgehead atoms. The Kier molecular flexibility index (Phi) is 5.31. The number of rotatable bonds is 4. The van der Waals surface area contributed by atoms with Gasteiger partial charge in [-0.2, -0.15) is 5.10 Å². The average Bonchev–Trinajstić information content (AvgIpc) is 3.50. The molecule has 0 saturated carbocycles. The van der Waals surface area contributed by atoms with Crippen LogP contribution in [0.15, 0.2) is 42.7 Å². The summed E-state index contributed by atoms with van der Waals surface area (Å²) in [6.07, 6.45) is 6.67. The van der Waals surface area contributed by atoms with Gasteiger partial charge in [0.05, 0.1) is 42.7 Å². The zero-order valence-electron chi connectivity index (χ0n) is 19.1. The van der Waals surface area contributed by atoms with Gasteiger partial charge in [0.2, 0.25) is 10.0 Å². The number of piperidine rings is 1. The maximum absolute atomic E-state index is 12.0. The fourth-order valence-electron chi connectivity index (χ4n) is 5.12. The number of benzene rings is 1. The molecule has 1 N–H and O–H groups in total. The minimum absolute atomic E-state index is 0.209. The van der Waals surface area contributed by atoms with Crippen LogP contribution in [0.1, 0.15) is 24.5 Å². The maximum Gasteiger partial charge on any atom is 0.211 e. The molecule has 0 aliphatic carbocycles. The highest BCUT2D eigenvalue weighted by atomic mass is 32.2. The molecule has 0 spiro atoms. The first-order chi connectivity index (χ1) is 16.5. The summed E-state index contributed by atoms with van der Waals surface area (Å²) in [6, 6.07) is 10.5. The molecule has 3 aromatic heterocycles. The van der Waals surface area contributed by atoms with Crippen LogP contribution >= 0.6 is 0 Å². The molecular formula is C24H28N6O3S. The third-order valence-electron chi connectivity index (χ3n) is 7.02. The van der Waals surface area contributed by atoms with Crippen LogP contribution in [0.4, 0.5) is 5.69 Å². The van der Waals surface area contributed by atoms with Gasteiger partial charge in [-0.15, -0.1) is 0 Å². The number of sulfonamides is 1. The summed E-state index contributed by atoms with van der Waals surface area (Å²) in [5.41, 5.74) is 5.98. The number of anilines is 1. The van der Waals surface area contributed by atoms with E-state index in [4.69, 9.17) is 14.8 Å². The zero-order valence-corrected chi connectivity index (χ0v) is 20.0. The number of ether oxygens (including phenoxy) is 1. The predicted octanol–water partition coefficient (Wildman–Crippen LogP) is 2.85. The fraction of sp³-hybridized carbons (Fsp3) is 0.417. The summed E-state index contributed by atoms with van der Waals surface area (Å²) in [5.74, 6) is 0.209. The number of H-pyrrole nitrogens is 1. The highest BCUT2D eigenvalue weighted by Crippen LogP contribution is 2.34. The first-order valence-electron chi connectivity index (χ1n) is 11.7. The third-order valence-corrected chi connectivity index (χ3v) is 8.32. The number of imidazole rings is 1. The largest absolute Gasteiger partial charge is 0.378 e. The Morgan fingerprint density at radius 3 is 2.62 bits per heavy atom. The average molecular weight is 481 g/mol. The van der Waals surface area contributed by atoms with Crippen LogP contribution in [0.2, 0.25) is 0 Å². The molecule has 5 heterocycles. The molecule has 2 aliphatic heterocycles. The number of hydrogen-bond donors (Lipinski definition) is 1. The quantitative estimate of drug-likeness (QED) is 0.483. The number of nitrogens with zero attached hydrogens (tertiary/aromatic N) is 5. The molecule has 4 aromatic rings. The Morgan fingerprint density at radius 1 is 1.06 bits per heavy atom. The van der Waals surface area contributed by atoms with Gasteiger partial charge < -0.3 is 14.6 Å². The molecule has 1 aromatic carbocycles. The van der Waals surface area contributed by atoms with Crippen LogP contribution in [-0.4, -0.2) is 78.0 Å². The van der Waals surface area contributed by atoms with Gasteiger partial charge in [0.25, 0.3) is 0 Å². The van der Waals surface area contributed by atoms with Crippen molar-refractivity contribution in [1.82, 2.24) is 23.9 Å². The van der Waals surface area contributed by atoms with Crippen LogP contribution in [0, 0.1) is 0 Å². The van der Waals surface area contributed by atoms with Gasteiger partial charge in [-0.25, -0.2) is 22.2 Å². The van der Waals surface area contributed by atoms with E-state index in [2.05, 4.69) is 40.2 Å². The third kappa shape index (κ3) is 3.85. The maximum atomic E-state index is 12.0. The van der Waals surface area contributed by atoms with Gasteiger partial charge in [0, 0.05) is 54.8 Å². The molecule has 6 rings (SSSR count). The van der Waals surface area contributed by atoms with Crippen LogP contribution in [0.3, 0.4) is 0 Å². The minimum Gasteiger partial charge on any atom is -0.378 e. The van der Waals surface area contributed by atoms with Crippen LogP contribution in [0.5, 0.6) is 0 Å². The molecule has 2 aliphatic rings. The summed E-state index contributed by atoms with van der Waals surface area (Å²) < 4.78 is 33.1. The van der Waals surface area contributed by atoms with Crippen LogP contribution in [0.25, 0.3) is 27.8 Å². The number of aromatic amines is 1. The van der Waals surface area contributed by atoms with E-state index in [9.17, 15) is 8.42 Å². The molecule has 0 radical (unpaired) electrons. The zero-order chi connectivity index (χ0) is 23.3. The van der Waals surface area contributed by atoms with Crippen molar-refractivity contribution in [3.8, 4) is 11.3 Å². The first-order valence-corrected chi connectivity index (χ1v) is 13.6. The lowest BCUT2D eigenvalue weighted by Crippen LogP contribution is -2.37. The summed E-state index contributed by atoms with van der Waals surface area (Å²) in [7, 11) is -3.16. The van der Waals surface area contributed by atoms with Crippen molar-refractivity contribution in [2.24, 2.45) is 0 Å². The minimum atomic E-state index is -3.16. The van der Waals surface area contributed by atoms with Gasteiger partial charge >= 0.3 is 0 Å². The van der Waals surface area contributed by atoms with Gasteiger partial charge in [-0.3, -0.25) is 0 Å². The molecule has 0 atom stereocenters. The van der Waals surface area contributed by atoms with Crippen LogP contribution < -0.4 is 4.90 Å². The highest BCUT2D eigenvalue weighted by Gasteiger charge is 2.29. The lowest BCUT2D eigenvalue weighted by molar-refractivity contribution is 0.123. The fourth-order valence-corrected chi connectivity index (χ4v) is 6.00. The predicted molar refractivity (Wildman–Crippen MR) is 132 cm³/mol. The second-order valence-corrected chi connectivity index (χ2v) is 11.1. The molecule has 2 saturated heterocycles. The van der Waals surface area contributed by atoms with Gasteiger partial charge in [0.15, 0.2) is 5.65 Å². The number of fused-ring (bicyclic) bond motifs is 2. The standard InChI is InChI=1S/C24H28N6O3S/c1-34(31,32)29-8-5-17(6-9-29)23-16-26-24-22(28-10-12-33-13-11-28)15-21(27-30(23)24)18-2-3-20-19(14-18)4-7-25-20/h2-4,7,14-17,25H,5-6,8-13H2,1H3. The van der Waals surface area contributed by atoms with Crippen molar-refractivity contribution in [2.45, 2.75) is 18.8 Å². The summed E-state index contributed by atoms with van der Waals surface area (Å²) in [5, 5.41) is 6.19. The van der Waals surface area contributed by atoms with Crippen molar-refractivity contribution in [1.29, 1.82) is 0 Å². The van der Waals surface area contributed by atoms with Crippen molar-refractivity contribution >= 4 is 32.3 Å². The Labute approximate surface area is 198 Å². The number of nitrogens with one attached hydrogen (secondary N) is 1. The van der Waals surface area contributed by atoms with E-state index >= 15 is 0 Å². The van der Waals surface area contributed by atoms with E-state index in [-0.39, 0.29) is 5.92 Å². The van der Waals surface area contributed by atoms with E-state index < -0.39 is 10.0 Å². The molecule has 178 valence electrons. The van der Waals surface area contributed by atoms with E-state index in [1.165, 1.54) is 6.26 Å². The number of hydrogen-bond acceptors (Lipinski definition) is 6. The van der Waals surface area contributed by atoms with Crippen LogP contribution in [-0.2, 0) is 14.8 Å². The highest BCUT2D eigenvalue weighted by molar-refractivity contribution is 7.88. The SMILES string of the molecule is CS(=O)(=O)N1CCC(c2cnc3c(N4CCOCC4)cc(-c4ccc5[nH]ccc5c4)nn23)CC1. The molecule has 9 nitrogen and oxygen atoms in total. The summed E-state index contributed by atoms with van der Waals surface area (Å²) in [6.45, 7) is 4.05. The molecule has 34 heavy (non-hydrogen) atoms. The van der Waals surface area contributed by atoms with Crippen molar-refractivity contribution in [3.63, 3.8) is 0 Å². The van der Waals surface area contributed by atoms with Crippen molar-refractivity contribution in [2.75, 3.05) is 50.5 Å². The Balaban J connectivity index is 1.44. The molecular weight excluding hydrogens is 452 g/mol.